The first-order chi connectivity index (χ1) is 13.4. The Balaban J connectivity index is 1.45. The summed E-state index contributed by atoms with van der Waals surface area (Å²) in [5.74, 6) is 3.54. The average molecular weight is 388 g/mol. The van der Waals surface area contributed by atoms with E-state index in [9.17, 15) is 5.11 Å². The summed E-state index contributed by atoms with van der Waals surface area (Å²) < 4.78 is 11.1. The lowest BCUT2D eigenvalue weighted by atomic mass is 9.43. The van der Waals surface area contributed by atoms with Crippen molar-refractivity contribution in [2.45, 2.75) is 83.2 Å². The zero-order valence-electron chi connectivity index (χ0n) is 17.8. The van der Waals surface area contributed by atoms with Crippen molar-refractivity contribution in [3.63, 3.8) is 0 Å². The third kappa shape index (κ3) is 2.66. The van der Waals surface area contributed by atoms with Crippen LogP contribution in [0.4, 0.5) is 0 Å². The van der Waals surface area contributed by atoms with Crippen LogP contribution in [-0.4, -0.2) is 29.6 Å². The van der Waals surface area contributed by atoms with E-state index < -0.39 is 5.60 Å². The number of hydrogen-bond donors (Lipinski definition) is 1. The fourth-order valence-corrected chi connectivity index (χ4v) is 8.67. The van der Waals surface area contributed by atoms with Crippen molar-refractivity contribution in [2.24, 2.45) is 34.5 Å². The summed E-state index contributed by atoms with van der Waals surface area (Å²) in [4.78, 5) is 0. The number of aliphatic hydroxyl groups is 1. The molecule has 0 bridgehead atoms. The standard InChI is InChI=1S/C24H37NO3/c1-22(26)11-12-24(15-27-3)16(14-22)4-5-17-18-6-7-20(21-9-13-28-25-21)23(18,2)10-8-19(17)24/h9,13,16-20,26H,4-8,10-12,14-15H2,1-3H3/t16-,17+,18+,19+,20-,22-,23+,24-/m1/s1. The Kier molecular flexibility index (Phi) is 4.48. The molecule has 156 valence electrons. The summed E-state index contributed by atoms with van der Waals surface area (Å²) in [6, 6.07) is 2.09. The van der Waals surface area contributed by atoms with E-state index in [0.29, 0.717) is 17.3 Å². The van der Waals surface area contributed by atoms with E-state index in [1.54, 1.807) is 6.26 Å². The Morgan fingerprint density at radius 1 is 1.11 bits per heavy atom. The Morgan fingerprint density at radius 3 is 2.71 bits per heavy atom. The van der Waals surface area contributed by atoms with Crippen molar-refractivity contribution in [2.75, 3.05) is 13.7 Å². The number of ether oxygens (including phenoxy) is 1. The van der Waals surface area contributed by atoms with Gasteiger partial charge in [-0.2, -0.15) is 0 Å². The smallest absolute Gasteiger partial charge is 0.124 e. The molecule has 4 heteroatoms. The molecule has 0 amide bonds. The summed E-state index contributed by atoms with van der Waals surface area (Å²) in [5, 5.41) is 15.1. The number of aromatic nitrogens is 1. The summed E-state index contributed by atoms with van der Waals surface area (Å²) in [7, 11) is 1.88. The molecule has 0 saturated heterocycles. The zero-order chi connectivity index (χ0) is 19.6. The second kappa shape index (κ2) is 6.57. The highest BCUT2D eigenvalue weighted by atomic mass is 16.5. The molecule has 4 aliphatic rings. The highest BCUT2D eigenvalue weighted by molar-refractivity contribution is 5.19. The van der Waals surface area contributed by atoms with Crippen molar-refractivity contribution >= 4 is 0 Å². The summed E-state index contributed by atoms with van der Waals surface area (Å²) in [6.45, 7) is 5.47. The first kappa shape index (κ1) is 19.1. The maximum absolute atomic E-state index is 10.8. The van der Waals surface area contributed by atoms with Gasteiger partial charge in [0.15, 0.2) is 0 Å². The van der Waals surface area contributed by atoms with E-state index in [0.717, 1.165) is 43.6 Å². The maximum Gasteiger partial charge on any atom is 0.124 e. The molecule has 1 aromatic rings. The second-order valence-corrected chi connectivity index (χ2v) is 11.1. The van der Waals surface area contributed by atoms with Gasteiger partial charge in [-0.25, -0.2) is 0 Å². The second-order valence-electron chi connectivity index (χ2n) is 11.1. The summed E-state index contributed by atoms with van der Waals surface area (Å²) in [6.07, 6.45) is 12.6. The first-order valence-electron chi connectivity index (χ1n) is 11.5. The lowest BCUT2D eigenvalue weighted by Gasteiger charge is -2.62. The van der Waals surface area contributed by atoms with Crippen LogP contribution in [0.5, 0.6) is 0 Å². The third-order valence-corrected chi connectivity index (χ3v) is 9.88. The Labute approximate surface area is 169 Å². The van der Waals surface area contributed by atoms with Crippen LogP contribution in [0.2, 0.25) is 0 Å². The fraction of sp³-hybridized carbons (Fsp3) is 0.875. The highest BCUT2D eigenvalue weighted by Crippen LogP contribution is 2.69. The van der Waals surface area contributed by atoms with Crippen LogP contribution in [0.25, 0.3) is 0 Å². The van der Waals surface area contributed by atoms with Gasteiger partial charge in [0.1, 0.15) is 6.26 Å². The van der Waals surface area contributed by atoms with Gasteiger partial charge < -0.3 is 14.4 Å². The minimum atomic E-state index is -0.483. The third-order valence-electron chi connectivity index (χ3n) is 9.88. The molecule has 0 spiro atoms. The van der Waals surface area contributed by atoms with Crippen molar-refractivity contribution in [3.8, 4) is 0 Å². The van der Waals surface area contributed by atoms with Gasteiger partial charge in [-0.3, -0.25) is 0 Å². The SMILES string of the molecule is COC[C@]12CC[C@@](C)(O)C[C@H]1CC[C@H]1[C@@H]3CC[C@H](c4ccon4)[C@@]3(C)CC[C@@H]12. The van der Waals surface area contributed by atoms with Gasteiger partial charge in [-0.05, 0) is 99.2 Å². The van der Waals surface area contributed by atoms with E-state index in [-0.39, 0.29) is 5.41 Å². The largest absolute Gasteiger partial charge is 0.390 e. The normalized spacial score (nSPS) is 50.6. The molecule has 1 aromatic heterocycles. The van der Waals surface area contributed by atoms with Crippen molar-refractivity contribution in [1.82, 2.24) is 5.16 Å². The van der Waals surface area contributed by atoms with Gasteiger partial charge in [0.05, 0.1) is 17.9 Å². The van der Waals surface area contributed by atoms with Crippen LogP contribution in [0.3, 0.4) is 0 Å². The van der Waals surface area contributed by atoms with E-state index >= 15 is 0 Å². The van der Waals surface area contributed by atoms with Crippen molar-refractivity contribution in [3.05, 3.63) is 18.0 Å². The maximum atomic E-state index is 10.8. The summed E-state index contributed by atoms with van der Waals surface area (Å²) >= 11 is 0. The van der Waals surface area contributed by atoms with Crippen molar-refractivity contribution in [1.29, 1.82) is 0 Å². The molecular formula is C24H37NO3. The minimum absolute atomic E-state index is 0.285. The molecule has 28 heavy (non-hydrogen) atoms. The molecule has 0 unspecified atom stereocenters. The predicted octanol–water partition coefficient (Wildman–Crippen LogP) is 5.18. The van der Waals surface area contributed by atoms with E-state index in [4.69, 9.17) is 9.26 Å². The zero-order valence-corrected chi connectivity index (χ0v) is 17.8. The molecule has 8 atom stereocenters. The van der Waals surface area contributed by atoms with Gasteiger partial charge in [0, 0.05) is 19.1 Å². The highest BCUT2D eigenvalue weighted by Gasteiger charge is 2.62. The van der Waals surface area contributed by atoms with Crippen LogP contribution in [0, 0.1) is 34.5 Å². The Hall–Kier alpha value is -0.870. The van der Waals surface area contributed by atoms with E-state index in [1.165, 1.54) is 44.2 Å². The van der Waals surface area contributed by atoms with Gasteiger partial charge >= 0.3 is 0 Å². The van der Waals surface area contributed by atoms with Crippen LogP contribution < -0.4 is 0 Å². The van der Waals surface area contributed by atoms with Crippen LogP contribution in [-0.2, 0) is 4.74 Å². The molecule has 4 fully saturated rings. The van der Waals surface area contributed by atoms with Crippen LogP contribution >= 0.6 is 0 Å². The van der Waals surface area contributed by atoms with E-state index in [2.05, 4.69) is 18.1 Å². The van der Waals surface area contributed by atoms with Gasteiger partial charge in [-0.15, -0.1) is 0 Å². The Morgan fingerprint density at radius 2 is 1.96 bits per heavy atom. The molecule has 1 N–H and O–H groups in total. The number of nitrogens with zero attached hydrogens (tertiary/aromatic N) is 1. The molecule has 0 aliphatic heterocycles. The monoisotopic (exact) mass is 387 g/mol. The Bertz CT molecular complexity index is 701. The molecule has 4 aliphatic carbocycles. The quantitative estimate of drug-likeness (QED) is 0.776. The predicted molar refractivity (Wildman–Crippen MR) is 108 cm³/mol. The average Bonchev–Trinajstić information content (AvgIpc) is 3.28. The lowest BCUT2D eigenvalue weighted by molar-refractivity contribution is -0.172. The fourth-order valence-electron chi connectivity index (χ4n) is 8.67. The number of fused-ring (bicyclic) bond motifs is 5. The molecular weight excluding hydrogens is 350 g/mol. The van der Waals surface area contributed by atoms with Crippen molar-refractivity contribution < 1.29 is 14.4 Å². The molecule has 1 heterocycles. The van der Waals surface area contributed by atoms with Crippen LogP contribution in [0.1, 0.15) is 83.2 Å². The van der Waals surface area contributed by atoms with Gasteiger partial charge in [0.2, 0.25) is 0 Å². The number of hydrogen-bond acceptors (Lipinski definition) is 4. The van der Waals surface area contributed by atoms with E-state index in [1.807, 2.05) is 14.0 Å². The first-order valence-corrected chi connectivity index (χ1v) is 11.5. The number of rotatable bonds is 3. The number of methoxy groups -OCH3 is 1. The molecule has 0 radical (unpaired) electrons. The topological polar surface area (TPSA) is 55.5 Å². The molecule has 4 saturated carbocycles. The molecule has 0 aromatic carbocycles. The molecule has 5 rings (SSSR count). The summed E-state index contributed by atoms with van der Waals surface area (Å²) in [5.41, 5.74) is 1.34. The molecule has 4 nitrogen and oxygen atoms in total. The lowest BCUT2D eigenvalue weighted by Crippen LogP contribution is -2.58. The van der Waals surface area contributed by atoms with Crippen LogP contribution in [0.15, 0.2) is 16.9 Å². The minimum Gasteiger partial charge on any atom is -0.390 e. The van der Waals surface area contributed by atoms with Gasteiger partial charge in [0.25, 0.3) is 0 Å². The van der Waals surface area contributed by atoms with Gasteiger partial charge in [-0.1, -0.05) is 12.1 Å².